The first kappa shape index (κ1) is 16.3. The van der Waals surface area contributed by atoms with Crippen LogP contribution in [-0.4, -0.2) is 66.3 Å². The van der Waals surface area contributed by atoms with Gasteiger partial charge in [0.1, 0.15) is 0 Å². The van der Waals surface area contributed by atoms with E-state index in [2.05, 4.69) is 51.8 Å². The standard InChI is InChI=1S/C17H36N3/c1-16(2,3)18-13-15-7-10-20(14-15)11-8-19(9-12-20)17(4,5)6/h15,18H,7-14H2,1-6H3/q+1. The Hall–Kier alpha value is -0.120. The summed E-state index contributed by atoms with van der Waals surface area (Å²) in [7, 11) is 0. The number of hydrogen-bond acceptors (Lipinski definition) is 2. The molecule has 0 amide bonds. The van der Waals surface area contributed by atoms with Crippen LogP contribution in [0, 0.1) is 5.92 Å². The van der Waals surface area contributed by atoms with Gasteiger partial charge in [-0.1, -0.05) is 0 Å². The highest BCUT2D eigenvalue weighted by Gasteiger charge is 2.42. The third-order valence-electron chi connectivity index (χ3n) is 5.22. The summed E-state index contributed by atoms with van der Waals surface area (Å²) in [5.74, 6) is 0.885. The van der Waals surface area contributed by atoms with Crippen molar-refractivity contribution in [2.45, 2.75) is 59.0 Å². The lowest BCUT2D eigenvalue weighted by atomic mass is 10.0. The van der Waals surface area contributed by atoms with Crippen molar-refractivity contribution >= 4 is 0 Å². The fraction of sp³-hybridized carbons (Fsp3) is 1.00. The van der Waals surface area contributed by atoms with E-state index < -0.39 is 0 Å². The number of rotatable bonds is 2. The summed E-state index contributed by atoms with van der Waals surface area (Å²) in [6.45, 7) is 23.2. The Morgan fingerprint density at radius 2 is 1.60 bits per heavy atom. The molecule has 3 nitrogen and oxygen atoms in total. The van der Waals surface area contributed by atoms with Gasteiger partial charge in [-0.05, 0) is 41.5 Å². The van der Waals surface area contributed by atoms with Crippen molar-refractivity contribution in [1.29, 1.82) is 0 Å². The Kier molecular flexibility index (Phi) is 4.54. The molecule has 0 aliphatic carbocycles. The fourth-order valence-electron chi connectivity index (χ4n) is 3.77. The predicted octanol–water partition coefficient (Wildman–Crippen LogP) is 2.33. The lowest BCUT2D eigenvalue weighted by Crippen LogP contribution is -2.61. The van der Waals surface area contributed by atoms with E-state index >= 15 is 0 Å². The molecule has 1 unspecified atom stereocenters. The molecule has 0 aromatic heterocycles. The maximum absolute atomic E-state index is 3.70. The lowest BCUT2D eigenvalue weighted by molar-refractivity contribution is -0.922. The highest BCUT2D eigenvalue weighted by atomic mass is 15.4. The topological polar surface area (TPSA) is 15.3 Å². The molecule has 20 heavy (non-hydrogen) atoms. The average Bonchev–Trinajstić information content (AvgIpc) is 2.69. The minimum absolute atomic E-state index is 0.262. The molecule has 0 aromatic carbocycles. The van der Waals surface area contributed by atoms with Gasteiger partial charge in [-0.2, -0.15) is 0 Å². The van der Waals surface area contributed by atoms with Gasteiger partial charge >= 0.3 is 0 Å². The Balaban J connectivity index is 1.81. The first-order valence-electron chi connectivity index (χ1n) is 8.45. The summed E-state index contributed by atoms with van der Waals surface area (Å²) >= 11 is 0. The molecule has 1 atom stereocenters. The fourth-order valence-corrected chi connectivity index (χ4v) is 3.77. The summed E-state index contributed by atoms with van der Waals surface area (Å²) in [4.78, 5) is 2.66. The second-order valence-electron chi connectivity index (χ2n) is 9.14. The van der Waals surface area contributed by atoms with Crippen molar-refractivity contribution in [2.75, 3.05) is 45.8 Å². The summed E-state index contributed by atoms with van der Waals surface area (Å²) in [5.41, 5.74) is 0.607. The van der Waals surface area contributed by atoms with Crippen LogP contribution in [0.4, 0.5) is 0 Å². The number of hydrogen-bond donors (Lipinski definition) is 1. The van der Waals surface area contributed by atoms with E-state index in [9.17, 15) is 0 Å². The quantitative estimate of drug-likeness (QED) is 0.782. The van der Waals surface area contributed by atoms with Crippen LogP contribution in [0.15, 0.2) is 0 Å². The van der Waals surface area contributed by atoms with E-state index in [-0.39, 0.29) is 5.54 Å². The highest BCUT2D eigenvalue weighted by Crippen LogP contribution is 2.28. The largest absolute Gasteiger partial charge is 0.321 e. The summed E-state index contributed by atoms with van der Waals surface area (Å²) < 4.78 is 1.39. The second-order valence-corrected chi connectivity index (χ2v) is 9.14. The minimum Gasteiger partial charge on any atom is -0.321 e. The van der Waals surface area contributed by atoms with Crippen molar-refractivity contribution in [2.24, 2.45) is 5.92 Å². The molecule has 0 aromatic rings. The van der Waals surface area contributed by atoms with E-state index in [0.29, 0.717) is 5.54 Å². The minimum atomic E-state index is 0.262. The smallest absolute Gasteiger partial charge is 0.0916 e. The highest BCUT2D eigenvalue weighted by molar-refractivity contribution is 4.81. The summed E-state index contributed by atoms with van der Waals surface area (Å²) in [6.07, 6.45) is 1.42. The van der Waals surface area contributed by atoms with Crippen LogP contribution < -0.4 is 5.32 Å². The average molecular weight is 282 g/mol. The molecule has 1 spiro atoms. The predicted molar refractivity (Wildman–Crippen MR) is 86.9 cm³/mol. The first-order valence-corrected chi connectivity index (χ1v) is 8.45. The second kappa shape index (κ2) is 5.58. The SMILES string of the molecule is CC(C)(C)NCC1CC[N+]2(CCN(C(C)(C)C)CC2)C1. The van der Waals surface area contributed by atoms with Crippen LogP contribution in [0.1, 0.15) is 48.0 Å². The van der Waals surface area contributed by atoms with Crippen LogP contribution in [0.25, 0.3) is 0 Å². The molecule has 2 rings (SSSR count). The van der Waals surface area contributed by atoms with Crippen molar-refractivity contribution in [3.8, 4) is 0 Å². The lowest BCUT2D eigenvalue weighted by Gasteiger charge is -2.46. The van der Waals surface area contributed by atoms with Crippen molar-refractivity contribution in [3.05, 3.63) is 0 Å². The first-order chi connectivity index (χ1) is 9.10. The maximum Gasteiger partial charge on any atom is 0.0916 e. The van der Waals surface area contributed by atoms with Crippen molar-refractivity contribution in [1.82, 2.24) is 10.2 Å². The Labute approximate surface area is 126 Å². The van der Waals surface area contributed by atoms with Gasteiger partial charge in [0.25, 0.3) is 0 Å². The number of nitrogens with one attached hydrogen (secondary N) is 1. The van der Waals surface area contributed by atoms with E-state index in [0.717, 1.165) is 5.92 Å². The van der Waals surface area contributed by atoms with Crippen LogP contribution in [-0.2, 0) is 0 Å². The molecule has 2 heterocycles. The van der Waals surface area contributed by atoms with Crippen LogP contribution in [0.2, 0.25) is 0 Å². The van der Waals surface area contributed by atoms with Gasteiger partial charge in [0.2, 0.25) is 0 Å². The normalized spacial score (nSPS) is 28.2. The zero-order valence-corrected chi connectivity index (χ0v) is 14.6. The number of nitrogens with zero attached hydrogens (tertiary/aromatic N) is 2. The molecule has 2 aliphatic heterocycles. The Bertz CT molecular complexity index is 316. The van der Waals surface area contributed by atoms with Crippen LogP contribution in [0.5, 0.6) is 0 Å². The van der Waals surface area contributed by atoms with Gasteiger partial charge in [-0.25, -0.2) is 0 Å². The molecule has 118 valence electrons. The molecule has 1 N–H and O–H groups in total. The van der Waals surface area contributed by atoms with Crippen molar-refractivity contribution < 1.29 is 4.48 Å². The maximum atomic E-state index is 3.70. The van der Waals surface area contributed by atoms with E-state index in [4.69, 9.17) is 0 Å². The molecule has 3 heteroatoms. The van der Waals surface area contributed by atoms with E-state index in [1.165, 1.54) is 56.7 Å². The molecule has 0 bridgehead atoms. The van der Waals surface area contributed by atoms with Gasteiger partial charge < -0.3 is 9.80 Å². The molecule has 2 aliphatic rings. The van der Waals surface area contributed by atoms with Crippen LogP contribution in [0.3, 0.4) is 0 Å². The van der Waals surface area contributed by atoms with Gasteiger partial charge in [-0.3, -0.25) is 4.90 Å². The van der Waals surface area contributed by atoms with E-state index in [1.807, 2.05) is 0 Å². The Morgan fingerprint density at radius 1 is 1.00 bits per heavy atom. The molecule has 0 radical (unpaired) electrons. The zero-order chi connectivity index (χ0) is 15.0. The zero-order valence-electron chi connectivity index (χ0n) is 14.6. The molecule has 0 saturated carbocycles. The van der Waals surface area contributed by atoms with Gasteiger partial charge in [-0.15, -0.1) is 0 Å². The molecular formula is C17H36N3+. The summed E-state index contributed by atoms with van der Waals surface area (Å²) in [6, 6.07) is 0. The molecular weight excluding hydrogens is 246 g/mol. The number of piperazine rings is 1. The van der Waals surface area contributed by atoms with Crippen molar-refractivity contribution in [3.63, 3.8) is 0 Å². The van der Waals surface area contributed by atoms with Crippen LogP contribution >= 0.6 is 0 Å². The van der Waals surface area contributed by atoms with Gasteiger partial charge in [0, 0.05) is 43.1 Å². The Morgan fingerprint density at radius 3 is 2.10 bits per heavy atom. The van der Waals surface area contributed by atoms with Gasteiger partial charge in [0.15, 0.2) is 0 Å². The number of quaternary nitrogens is 1. The third-order valence-corrected chi connectivity index (χ3v) is 5.22. The van der Waals surface area contributed by atoms with E-state index in [1.54, 1.807) is 0 Å². The molecule has 2 saturated heterocycles. The monoisotopic (exact) mass is 282 g/mol. The third kappa shape index (κ3) is 4.19. The van der Waals surface area contributed by atoms with Gasteiger partial charge in [0.05, 0.1) is 26.2 Å². The summed E-state index contributed by atoms with van der Waals surface area (Å²) in [5, 5.41) is 3.70. The molecule has 2 fully saturated rings.